The van der Waals surface area contributed by atoms with Crippen molar-refractivity contribution in [1.29, 1.82) is 0 Å². The minimum absolute atomic E-state index is 0.0131. The number of hydrogen-bond donors (Lipinski definition) is 1. The van der Waals surface area contributed by atoms with Gasteiger partial charge in [-0.15, -0.1) is 11.3 Å². The van der Waals surface area contributed by atoms with E-state index in [-0.39, 0.29) is 17.9 Å². The van der Waals surface area contributed by atoms with Crippen molar-refractivity contribution in [2.24, 2.45) is 0 Å². The number of aromatic nitrogens is 1. The lowest BCUT2D eigenvalue weighted by atomic mass is 10.2. The SMILES string of the molecule is O=C(Nc1nc2c(s1)CN(C(=O)c1ccc(Cl)s1)CC2)C1CCCO1. The number of nitrogens with one attached hydrogen (secondary N) is 1. The van der Waals surface area contributed by atoms with Crippen molar-refractivity contribution < 1.29 is 14.3 Å². The predicted octanol–water partition coefficient (Wildman–Crippen LogP) is 3.17. The lowest BCUT2D eigenvalue weighted by Gasteiger charge is -2.25. The lowest BCUT2D eigenvalue weighted by molar-refractivity contribution is -0.124. The van der Waals surface area contributed by atoms with Gasteiger partial charge in [0.05, 0.1) is 21.5 Å². The van der Waals surface area contributed by atoms with E-state index < -0.39 is 0 Å². The highest BCUT2D eigenvalue weighted by Crippen LogP contribution is 2.31. The molecule has 4 heterocycles. The Bertz CT molecular complexity index is 813. The van der Waals surface area contributed by atoms with Crippen LogP contribution in [0.4, 0.5) is 5.13 Å². The first-order chi connectivity index (χ1) is 12.1. The van der Waals surface area contributed by atoms with Crippen LogP contribution in [0.15, 0.2) is 12.1 Å². The Morgan fingerprint density at radius 1 is 1.36 bits per heavy atom. The molecule has 1 fully saturated rings. The summed E-state index contributed by atoms with van der Waals surface area (Å²) in [6.07, 6.45) is 1.98. The fourth-order valence-corrected chi connectivity index (χ4v) is 5.02. The number of thiophene rings is 1. The minimum atomic E-state index is -0.373. The Morgan fingerprint density at radius 2 is 2.24 bits per heavy atom. The monoisotopic (exact) mass is 397 g/mol. The maximum atomic E-state index is 12.6. The number of halogens is 1. The summed E-state index contributed by atoms with van der Waals surface area (Å²) < 4.78 is 6.00. The minimum Gasteiger partial charge on any atom is -0.368 e. The molecule has 0 bridgehead atoms. The van der Waals surface area contributed by atoms with Crippen LogP contribution in [0.5, 0.6) is 0 Å². The fourth-order valence-electron chi connectivity index (χ4n) is 2.98. The first-order valence-corrected chi connectivity index (χ1v) is 10.1. The molecule has 0 radical (unpaired) electrons. The summed E-state index contributed by atoms with van der Waals surface area (Å²) in [5.74, 6) is -0.148. The van der Waals surface area contributed by atoms with Crippen molar-refractivity contribution in [1.82, 2.24) is 9.88 Å². The summed E-state index contributed by atoms with van der Waals surface area (Å²) in [6.45, 7) is 1.76. The van der Waals surface area contributed by atoms with Crippen LogP contribution in [-0.4, -0.2) is 41.0 Å². The zero-order valence-electron chi connectivity index (χ0n) is 13.3. The number of thiazole rings is 1. The predicted molar refractivity (Wildman–Crippen MR) is 97.5 cm³/mol. The summed E-state index contributed by atoms with van der Waals surface area (Å²) in [6, 6.07) is 3.49. The van der Waals surface area contributed by atoms with Crippen LogP contribution in [0.3, 0.4) is 0 Å². The van der Waals surface area contributed by atoms with Gasteiger partial charge in [0.25, 0.3) is 11.8 Å². The molecule has 132 valence electrons. The largest absolute Gasteiger partial charge is 0.368 e. The third kappa shape index (κ3) is 3.57. The second-order valence-electron chi connectivity index (χ2n) is 5.96. The van der Waals surface area contributed by atoms with Gasteiger partial charge in [0.15, 0.2) is 5.13 Å². The molecule has 9 heteroatoms. The molecule has 4 rings (SSSR count). The molecule has 6 nitrogen and oxygen atoms in total. The Morgan fingerprint density at radius 3 is 2.96 bits per heavy atom. The van der Waals surface area contributed by atoms with Crippen molar-refractivity contribution in [3.05, 3.63) is 31.9 Å². The lowest BCUT2D eigenvalue weighted by Crippen LogP contribution is -2.35. The molecule has 2 aliphatic rings. The number of ether oxygens (including phenoxy) is 1. The third-order valence-electron chi connectivity index (χ3n) is 4.25. The Balaban J connectivity index is 1.44. The number of carbonyl (C=O) groups excluding carboxylic acids is 2. The van der Waals surface area contributed by atoms with Gasteiger partial charge in [-0.3, -0.25) is 14.9 Å². The molecule has 25 heavy (non-hydrogen) atoms. The molecule has 0 aliphatic carbocycles. The molecule has 2 aromatic rings. The van der Waals surface area contributed by atoms with Gasteiger partial charge < -0.3 is 9.64 Å². The molecule has 0 saturated carbocycles. The number of nitrogens with zero attached hydrogens (tertiary/aromatic N) is 2. The summed E-state index contributed by atoms with van der Waals surface area (Å²) in [5.41, 5.74) is 0.959. The van der Waals surface area contributed by atoms with Gasteiger partial charge in [0.2, 0.25) is 0 Å². The second-order valence-corrected chi connectivity index (χ2v) is 8.76. The van der Waals surface area contributed by atoms with Gasteiger partial charge >= 0.3 is 0 Å². The Kier molecular flexibility index (Phi) is 4.77. The maximum absolute atomic E-state index is 12.6. The topological polar surface area (TPSA) is 71.5 Å². The van der Waals surface area contributed by atoms with Gasteiger partial charge in [-0.1, -0.05) is 22.9 Å². The third-order valence-corrected chi connectivity index (χ3v) is 6.47. The average Bonchev–Trinajstić information content (AvgIpc) is 3.33. The van der Waals surface area contributed by atoms with E-state index in [9.17, 15) is 9.59 Å². The first-order valence-electron chi connectivity index (χ1n) is 8.06. The van der Waals surface area contributed by atoms with Crippen molar-refractivity contribution in [2.75, 3.05) is 18.5 Å². The van der Waals surface area contributed by atoms with E-state index >= 15 is 0 Å². The average molecular weight is 398 g/mol. The molecular formula is C16H16ClN3O3S2. The molecule has 0 aromatic carbocycles. The molecule has 1 unspecified atom stereocenters. The number of hydrogen-bond acceptors (Lipinski definition) is 6. The van der Waals surface area contributed by atoms with Crippen molar-refractivity contribution in [2.45, 2.75) is 31.9 Å². The van der Waals surface area contributed by atoms with Crippen LogP contribution >= 0.6 is 34.3 Å². The second kappa shape index (κ2) is 7.03. The van der Waals surface area contributed by atoms with Gasteiger partial charge in [0, 0.05) is 24.4 Å². The van der Waals surface area contributed by atoms with Crippen molar-refractivity contribution >= 4 is 51.2 Å². The normalized spacial score (nSPS) is 19.7. The number of fused-ring (bicyclic) bond motifs is 1. The number of anilines is 1. The van der Waals surface area contributed by atoms with Crippen molar-refractivity contribution in [3.63, 3.8) is 0 Å². The number of carbonyl (C=O) groups is 2. The van der Waals surface area contributed by atoms with Crippen LogP contribution in [0.25, 0.3) is 0 Å². The quantitative estimate of drug-likeness (QED) is 0.863. The fraction of sp³-hybridized carbons (Fsp3) is 0.438. The van der Waals surface area contributed by atoms with E-state index in [1.807, 2.05) is 0 Å². The zero-order valence-corrected chi connectivity index (χ0v) is 15.7. The number of rotatable bonds is 3. The van der Waals surface area contributed by atoms with Gasteiger partial charge in [-0.05, 0) is 25.0 Å². The number of amides is 2. The van der Waals surface area contributed by atoms with Crippen molar-refractivity contribution in [3.8, 4) is 0 Å². The van der Waals surface area contributed by atoms with E-state index in [1.54, 1.807) is 17.0 Å². The summed E-state index contributed by atoms with van der Waals surface area (Å²) in [5, 5.41) is 3.43. The van der Waals surface area contributed by atoms with Gasteiger partial charge in [0.1, 0.15) is 6.10 Å². The molecular weight excluding hydrogens is 382 g/mol. The highest BCUT2D eigenvalue weighted by atomic mass is 35.5. The Hall–Kier alpha value is -1.48. The van der Waals surface area contributed by atoms with Crippen LogP contribution in [-0.2, 0) is 22.5 Å². The smallest absolute Gasteiger partial charge is 0.264 e. The first kappa shape index (κ1) is 17.0. The highest BCUT2D eigenvalue weighted by Gasteiger charge is 2.28. The molecule has 0 spiro atoms. The van der Waals surface area contributed by atoms with Crippen LogP contribution in [0.2, 0.25) is 4.34 Å². The summed E-state index contributed by atoms with van der Waals surface area (Å²) in [7, 11) is 0. The van der Waals surface area contributed by atoms with Crippen LogP contribution < -0.4 is 5.32 Å². The van der Waals surface area contributed by atoms with Crippen LogP contribution in [0, 0.1) is 0 Å². The van der Waals surface area contributed by atoms with E-state index in [2.05, 4.69) is 10.3 Å². The summed E-state index contributed by atoms with van der Waals surface area (Å²) >= 11 is 8.64. The van der Waals surface area contributed by atoms with Crippen LogP contribution in [0.1, 0.15) is 33.1 Å². The van der Waals surface area contributed by atoms with E-state index in [0.717, 1.165) is 23.4 Å². The maximum Gasteiger partial charge on any atom is 0.264 e. The standard InChI is InChI=1S/C16H16ClN3O3S2/c17-13-4-3-11(24-13)15(22)20-6-5-9-12(8-20)25-16(18-9)19-14(21)10-2-1-7-23-10/h3-4,10H,1-2,5-8H2,(H,18,19,21). The van der Waals surface area contributed by atoms with E-state index in [1.165, 1.54) is 22.7 Å². The van der Waals surface area contributed by atoms with Gasteiger partial charge in [-0.2, -0.15) is 0 Å². The summed E-state index contributed by atoms with van der Waals surface area (Å²) in [4.78, 5) is 32.7. The molecule has 2 aromatic heterocycles. The Labute approximate surface area is 157 Å². The molecule has 2 aliphatic heterocycles. The zero-order chi connectivity index (χ0) is 17.4. The van der Waals surface area contributed by atoms with E-state index in [0.29, 0.717) is 40.5 Å². The molecule has 1 atom stereocenters. The molecule has 1 saturated heterocycles. The van der Waals surface area contributed by atoms with E-state index in [4.69, 9.17) is 16.3 Å². The molecule has 1 N–H and O–H groups in total. The van der Waals surface area contributed by atoms with Gasteiger partial charge in [-0.25, -0.2) is 4.98 Å². The highest BCUT2D eigenvalue weighted by molar-refractivity contribution is 7.18. The molecule has 2 amide bonds.